The van der Waals surface area contributed by atoms with Crippen LogP contribution in [0.4, 0.5) is 5.69 Å². The fourth-order valence-electron chi connectivity index (χ4n) is 1.92. The van der Waals surface area contributed by atoms with Crippen LogP contribution in [0, 0.1) is 17.0 Å². The van der Waals surface area contributed by atoms with Crippen LogP contribution >= 0.6 is 0 Å². The van der Waals surface area contributed by atoms with E-state index in [1.54, 1.807) is 23.0 Å². The van der Waals surface area contributed by atoms with Crippen LogP contribution in [0.3, 0.4) is 0 Å². The molecule has 0 aliphatic heterocycles. The zero-order valence-electron chi connectivity index (χ0n) is 12.8. The van der Waals surface area contributed by atoms with Gasteiger partial charge in [0.25, 0.3) is 5.69 Å². The second-order valence-electron chi connectivity index (χ2n) is 6.10. The highest BCUT2D eigenvalue weighted by Gasteiger charge is 2.16. The van der Waals surface area contributed by atoms with E-state index in [4.69, 9.17) is 0 Å². The molecule has 6 heteroatoms. The zero-order chi connectivity index (χ0) is 15.6. The van der Waals surface area contributed by atoms with Gasteiger partial charge in [-0.3, -0.25) is 10.1 Å². The van der Waals surface area contributed by atoms with E-state index in [1.165, 1.54) is 0 Å². The number of nitro groups is 1. The molecule has 6 nitrogen and oxygen atoms in total. The smallest absolute Gasteiger partial charge is 0.295 e. The monoisotopic (exact) mass is 288 g/mol. The van der Waals surface area contributed by atoms with Gasteiger partial charge in [-0.25, -0.2) is 4.68 Å². The van der Waals surface area contributed by atoms with Crippen LogP contribution in [0.2, 0.25) is 0 Å². The summed E-state index contributed by atoms with van der Waals surface area (Å²) in [7, 11) is 0. The van der Waals surface area contributed by atoms with E-state index in [0.29, 0.717) is 12.2 Å². The van der Waals surface area contributed by atoms with Crippen LogP contribution in [0.25, 0.3) is 5.69 Å². The highest BCUT2D eigenvalue weighted by molar-refractivity contribution is 5.53. The molecular formula is C15H20N4O2. The van der Waals surface area contributed by atoms with Gasteiger partial charge in [0.05, 0.1) is 10.6 Å². The third kappa shape index (κ3) is 3.88. The predicted molar refractivity (Wildman–Crippen MR) is 81.5 cm³/mol. The van der Waals surface area contributed by atoms with Crippen molar-refractivity contribution < 1.29 is 4.92 Å². The molecule has 1 aromatic carbocycles. The Morgan fingerprint density at radius 3 is 2.67 bits per heavy atom. The maximum atomic E-state index is 11.2. The van der Waals surface area contributed by atoms with Gasteiger partial charge >= 0.3 is 0 Å². The van der Waals surface area contributed by atoms with Crippen molar-refractivity contribution in [3.8, 4) is 5.69 Å². The molecule has 0 saturated carbocycles. The first kappa shape index (κ1) is 15.2. The van der Waals surface area contributed by atoms with Crippen LogP contribution in [-0.4, -0.2) is 20.2 Å². The maximum absolute atomic E-state index is 11.2. The van der Waals surface area contributed by atoms with E-state index in [-0.39, 0.29) is 16.1 Å². The third-order valence-corrected chi connectivity index (χ3v) is 3.02. The Labute approximate surface area is 123 Å². The third-order valence-electron chi connectivity index (χ3n) is 3.02. The molecule has 1 aromatic heterocycles. The second kappa shape index (κ2) is 5.65. The number of hydrogen-bond acceptors (Lipinski definition) is 4. The van der Waals surface area contributed by atoms with Crippen LogP contribution in [0.1, 0.15) is 32.0 Å². The van der Waals surface area contributed by atoms with Gasteiger partial charge in [0.15, 0.2) is 0 Å². The molecule has 0 bridgehead atoms. The van der Waals surface area contributed by atoms with Crippen LogP contribution < -0.4 is 5.32 Å². The molecule has 1 heterocycles. The topological polar surface area (TPSA) is 73.0 Å². The molecule has 1 N–H and O–H groups in total. The first-order valence-corrected chi connectivity index (χ1v) is 6.81. The van der Waals surface area contributed by atoms with Crippen molar-refractivity contribution >= 4 is 5.69 Å². The summed E-state index contributed by atoms with van der Waals surface area (Å²) in [6, 6.07) is 6.99. The Hall–Kier alpha value is -2.21. The van der Waals surface area contributed by atoms with Crippen molar-refractivity contribution in [3.05, 3.63) is 51.8 Å². The van der Waals surface area contributed by atoms with E-state index in [9.17, 15) is 10.1 Å². The van der Waals surface area contributed by atoms with Crippen molar-refractivity contribution in [1.29, 1.82) is 0 Å². The molecule has 0 aliphatic rings. The highest BCUT2D eigenvalue weighted by Crippen LogP contribution is 2.23. The molecule has 21 heavy (non-hydrogen) atoms. The van der Waals surface area contributed by atoms with Crippen molar-refractivity contribution in [2.24, 2.45) is 0 Å². The number of benzene rings is 1. The van der Waals surface area contributed by atoms with Gasteiger partial charge in [0.1, 0.15) is 5.69 Å². The fraction of sp³-hybridized carbons (Fsp3) is 0.400. The van der Waals surface area contributed by atoms with E-state index in [1.807, 2.05) is 19.1 Å². The lowest BCUT2D eigenvalue weighted by Gasteiger charge is -2.19. The van der Waals surface area contributed by atoms with Gasteiger partial charge < -0.3 is 5.32 Å². The summed E-state index contributed by atoms with van der Waals surface area (Å²) in [5.74, 6) is 0. The van der Waals surface area contributed by atoms with Crippen molar-refractivity contribution in [1.82, 2.24) is 15.1 Å². The molecule has 0 aliphatic carbocycles. The molecule has 0 saturated heterocycles. The number of hydrogen-bond donors (Lipinski definition) is 1. The standard InChI is InChI=1S/C15H20N4O2/c1-11-5-6-13(14(9-11)19(20)21)18-8-7-12(17-18)10-16-15(2,3)4/h5-9,16H,10H2,1-4H3. The number of aromatic nitrogens is 2. The Balaban J connectivity index is 2.28. The first-order chi connectivity index (χ1) is 9.76. The fourth-order valence-corrected chi connectivity index (χ4v) is 1.92. The number of nitrogens with one attached hydrogen (secondary N) is 1. The SMILES string of the molecule is Cc1ccc(-n2ccc(CNC(C)(C)C)n2)c([N+](=O)[O-])c1. The van der Waals surface area contributed by atoms with Crippen LogP contribution in [-0.2, 0) is 6.54 Å². The summed E-state index contributed by atoms with van der Waals surface area (Å²) in [5, 5.41) is 18.9. The zero-order valence-corrected chi connectivity index (χ0v) is 12.8. The molecule has 112 valence electrons. The quantitative estimate of drug-likeness (QED) is 0.693. The minimum atomic E-state index is -0.378. The molecular weight excluding hydrogens is 268 g/mol. The Morgan fingerprint density at radius 1 is 1.33 bits per heavy atom. The molecule has 0 fully saturated rings. The second-order valence-corrected chi connectivity index (χ2v) is 6.10. The molecule has 0 amide bonds. The molecule has 0 spiro atoms. The summed E-state index contributed by atoms with van der Waals surface area (Å²) in [6.07, 6.45) is 1.75. The number of nitro benzene ring substituents is 1. The van der Waals surface area contributed by atoms with Gasteiger partial charge in [-0.05, 0) is 45.4 Å². The lowest BCUT2D eigenvalue weighted by Crippen LogP contribution is -2.35. The summed E-state index contributed by atoms with van der Waals surface area (Å²) in [6.45, 7) is 8.69. The Kier molecular flexibility index (Phi) is 4.09. The van der Waals surface area contributed by atoms with Gasteiger partial charge in [0, 0.05) is 24.3 Å². The normalized spacial score (nSPS) is 11.6. The summed E-state index contributed by atoms with van der Waals surface area (Å²) >= 11 is 0. The largest absolute Gasteiger partial charge is 0.306 e. The van der Waals surface area contributed by atoms with E-state index in [0.717, 1.165) is 11.3 Å². The minimum absolute atomic E-state index is 0.000361. The minimum Gasteiger partial charge on any atom is -0.306 e. The summed E-state index contributed by atoms with van der Waals surface area (Å²) < 4.78 is 1.55. The van der Waals surface area contributed by atoms with Gasteiger partial charge in [0.2, 0.25) is 0 Å². The molecule has 0 radical (unpaired) electrons. The Bertz CT molecular complexity index is 656. The molecule has 2 rings (SSSR count). The van der Waals surface area contributed by atoms with E-state index < -0.39 is 0 Å². The number of aryl methyl sites for hydroxylation is 1. The highest BCUT2D eigenvalue weighted by atomic mass is 16.6. The molecule has 2 aromatic rings. The average Bonchev–Trinajstić information content (AvgIpc) is 2.84. The van der Waals surface area contributed by atoms with Crippen molar-refractivity contribution in [3.63, 3.8) is 0 Å². The van der Waals surface area contributed by atoms with E-state index in [2.05, 4.69) is 31.2 Å². The molecule has 0 unspecified atom stereocenters. The summed E-state index contributed by atoms with van der Waals surface area (Å²) in [4.78, 5) is 10.8. The van der Waals surface area contributed by atoms with Gasteiger partial charge in [-0.15, -0.1) is 0 Å². The van der Waals surface area contributed by atoms with Gasteiger partial charge in [-0.2, -0.15) is 5.10 Å². The van der Waals surface area contributed by atoms with Crippen molar-refractivity contribution in [2.45, 2.75) is 39.8 Å². The summed E-state index contributed by atoms with van der Waals surface area (Å²) in [5.41, 5.74) is 2.24. The van der Waals surface area contributed by atoms with Gasteiger partial charge in [-0.1, -0.05) is 6.07 Å². The Morgan fingerprint density at radius 2 is 2.05 bits per heavy atom. The average molecular weight is 288 g/mol. The maximum Gasteiger partial charge on any atom is 0.295 e. The van der Waals surface area contributed by atoms with Crippen LogP contribution in [0.15, 0.2) is 30.5 Å². The van der Waals surface area contributed by atoms with Crippen molar-refractivity contribution in [2.75, 3.05) is 0 Å². The van der Waals surface area contributed by atoms with E-state index >= 15 is 0 Å². The lowest BCUT2D eigenvalue weighted by atomic mass is 10.1. The predicted octanol–water partition coefficient (Wildman–Crippen LogP) is 2.98. The molecule has 0 atom stereocenters. The lowest BCUT2D eigenvalue weighted by molar-refractivity contribution is -0.384. The number of rotatable bonds is 4. The van der Waals surface area contributed by atoms with Crippen LogP contribution in [0.5, 0.6) is 0 Å². The first-order valence-electron chi connectivity index (χ1n) is 6.81. The number of nitrogens with zero attached hydrogens (tertiary/aromatic N) is 3.